The molecule has 1 aromatic heterocycles. The van der Waals surface area contributed by atoms with Gasteiger partial charge in [0.05, 0.1) is 16.4 Å². The fourth-order valence-electron chi connectivity index (χ4n) is 2.98. The van der Waals surface area contributed by atoms with Crippen LogP contribution in [0.5, 0.6) is 0 Å². The number of thioether (sulfide) groups is 1. The van der Waals surface area contributed by atoms with E-state index < -0.39 is 15.9 Å². The maximum atomic E-state index is 12.8. The first-order chi connectivity index (χ1) is 12.2. The van der Waals surface area contributed by atoms with Crippen molar-refractivity contribution in [2.24, 2.45) is 0 Å². The van der Waals surface area contributed by atoms with Crippen LogP contribution >= 0.6 is 35.3 Å². The number of likely N-dealkylation sites (N-methyl/N-ethyl adjacent to an activating group) is 1. The van der Waals surface area contributed by atoms with Gasteiger partial charge in [0.2, 0.25) is 5.91 Å². The molecule has 2 fully saturated rings. The highest BCUT2D eigenvalue weighted by atomic mass is 32.2. The van der Waals surface area contributed by atoms with E-state index in [1.165, 1.54) is 32.9 Å². The highest BCUT2D eigenvalue weighted by Gasteiger charge is 2.41. The van der Waals surface area contributed by atoms with Crippen LogP contribution in [-0.4, -0.2) is 65.0 Å². The van der Waals surface area contributed by atoms with Crippen molar-refractivity contribution in [2.75, 3.05) is 18.6 Å². The number of hydrogen-bond acceptors (Lipinski definition) is 7. The molecule has 0 saturated carbocycles. The summed E-state index contributed by atoms with van der Waals surface area (Å²) in [5, 5.41) is 1.92. The summed E-state index contributed by atoms with van der Waals surface area (Å²) >= 11 is 8.00. The summed E-state index contributed by atoms with van der Waals surface area (Å²) in [6.45, 7) is 1.63. The Bertz CT molecular complexity index is 876. The molecule has 0 N–H and O–H groups in total. The van der Waals surface area contributed by atoms with Gasteiger partial charge in [0, 0.05) is 18.0 Å². The molecule has 2 aliphatic heterocycles. The third kappa shape index (κ3) is 3.88. The van der Waals surface area contributed by atoms with E-state index in [9.17, 15) is 18.0 Å². The molecular formula is C16H18N2O4S4. The minimum Gasteiger partial charge on any atom is -0.340 e. The summed E-state index contributed by atoms with van der Waals surface area (Å²) in [5.41, 5.74) is 0. The van der Waals surface area contributed by atoms with Crippen molar-refractivity contribution in [3.63, 3.8) is 0 Å². The van der Waals surface area contributed by atoms with Crippen molar-refractivity contribution in [1.29, 1.82) is 0 Å². The van der Waals surface area contributed by atoms with Crippen LogP contribution in [0.3, 0.4) is 0 Å². The lowest BCUT2D eigenvalue weighted by atomic mass is 10.2. The van der Waals surface area contributed by atoms with Crippen LogP contribution in [0, 0.1) is 0 Å². The van der Waals surface area contributed by atoms with Crippen molar-refractivity contribution in [3.8, 4) is 0 Å². The Labute approximate surface area is 166 Å². The van der Waals surface area contributed by atoms with Crippen LogP contribution in [0.1, 0.15) is 18.2 Å². The van der Waals surface area contributed by atoms with Crippen molar-refractivity contribution >= 4 is 67.4 Å². The monoisotopic (exact) mass is 430 g/mol. The van der Waals surface area contributed by atoms with Gasteiger partial charge in [-0.25, -0.2) is 8.42 Å². The van der Waals surface area contributed by atoms with Gasteiger partial charge in [-0.05, 0) is 30.9 Å². The molecule has 26 heavy (non-hydrogen) atoms. The van der Waals surface area contributed by atoms with E-state index in [4.69, 9.17) is 12.2 Å². The molecule has 0 aromatic carbocycles. The normalized spacial score (nSPS) is 25.1. The van der Waals surface area contributed by atoms with Crippen LogP contribution in [0.4, 0.5) is 0 Å². The van der Waals surface area contributed by atoms with E-state index in [1.807, 2.05) is 17.5 Å². The number of sulfone groups is 1. The van der Waals surface area contributed by atoms with E-state index in [2.05, 4.69) is 0 Å². The molecule has 0 aliphatic carbocycles. The molecule has 2 atom stereocenters. The van der Waals surface area contributed by atoms with Crippen molar-refractivity contribution < 1.29 is 18.0 Å². The van der Waals surface area contributed by atoms with Crippen LogP contribution in [0.15, 0.2) is 22.4 Å². The quantitative estimate of drug-likeness (QED) is 0.537. The third-order valence-electron chi connectivity index (χ3n) is 4.49. The van der Waals surface area contributed by atoms with Gasteiger partial charge in [-0.3, -0.25) is 14.5 Å². The maximum absolute atomic E-state index is 12.8. The first-order valence-electron chi connectivity index (χ1n) is 7.97. The molecule has 10 heteroatoms. The van der Waals surface area contributed by atoms with E-state index in [1.54, 1.807) is 20.0 Å². The summed E-state index contributed by atoms with van der Waals surface area (Å²) in [5.74, 6) is -0.533. The number of thiophene rings is 1. The highest BCUT2D eigenvalue weighted by Crippen LogP contribution is 2.35. The van der Waals surface area contributed by atoms with Crippen LogP contribution in [-0.2, 0) is 19.4 Å². The minimum absolute atomic E-state index is 0.0291. The minimum atomic E-state index is -3.09. The van der Waals surface area contributed by atoms with Gasteiger partial charge in [-0.2, -0.15) is 0 Å². The molecule has 6 nitrogen and oxygen atoms in total. The number of hydrogen-bond donors (Lipinski definition) is 0. The van der Waals surface area contributed by atoms with E-state index >= 15 is 0 Å². The second-order valence-electron chi connectivity index (χ2n) is 6.25. The van der Waals surface area contributed by atoms with E-state index in [-0.39, 0.29) is 29.4 Å². The lowest BCUT2D eigenvalue weighted by Gasteiger charge is -2.30. The number of carbonyl (C=O) groups is 2. The molecule has 1 aromatic rings. The molecule has 0 radical (unpaired) electrons. The third-order valence-corrected chi connectivity index (χ3v) is 8.39. The average molecular weight is 431 g/mol. The van der Waals surface area contributed by atoms with Gasteiger partial charge >= 0.3 is 0 Å². The number of thiocarbonyl (C=S) groups is 1. The van der Waals surface area contributed by atoms with Crippen molar-refractivity contribution in [1.82, 2.24) is 9.80 Å². The summed E-state index contributed by atoms with van der Waals surface area (Å²) < 4.78 is 23.7. The van der Waals surface area contributed by atoms with Crippen LogP contribution in [0.2, 0.25) is 0 Å². The smallest absolute Gasteiger partial charge is 0.266 e. The fourth-order valence-corrected chi connectivity index (χ4v) is 6.90. The zero-order valence-electron chi connectivity index (χ0n) is 14.2. The van der Waals surface area contributed by atoms with Gasteiger partial charge < -0.3 is 4.90 Å². The Balaban J connectivity index is 1.74. The van der Waals surface area contributed by atoms with Gasteiger partial charge in [0.1, 0.15) is 10.4 Å². The van der Waals surface area contributed by atoms with Gasteiger partial charge in [0.25, 0.3) is 5.91 Å². The predicted molar refractivity (Wildman–Crippen MR) is 109 cm³/mol. The Morgan fingerprint density at radius 1 is 1.50 bits per heavy atom. The lowest BCUT2D eigenvalue weighted by molar-refractivity contribution is -0.139. The molecule has 0 bridgehead atoms. The molecular weight excluding hydrogens is 412 g/mol. The predicted octanol–water partition coefficient (Wildman–Crippen LogP) is 1.98. The number of rotatable bonds is 4. The van der Waals surface area contributed by atoms with Gasteiger partial charge in [-0.15, -0.1) is 11.3 Å². The Morgan fingerprint density at radius 3 is 2.81 bits per heavy atom. The summed E-state index contributed by atoms with van der Waals surface area (Å²) in [6, 6.07) is 2.67. The van der Waals surface area contributed by atoms with Crippen molar-refractivity contribution in [3.05, 3.63) is 27.3 Å². The topological polar surface area (TPSA) is 74.8 Å². The Kier molecular flexibility index (Phi) is 5.57. The van der Waals surface area contributed by atoms with Crippen LogP contribution < -0.4 is 0 Å². The first-order valence-corrected chi connectivity index (χ1v) is 11.9. The Hall–Kier alpha value is -1.23. The standard InChI is InChI=1S/C16H18N2O4S4/c1-10(14(19)17(2)11-5-7-26(21,22)9-11)18-15(20)13(25-16(18)23)8-12-4-3-6-24-12/h3-4,6,8,10-11H,5,7,9H2,1-2H3/b13-8-/t10-,11+/m0/s1. The Morgan fingerprint density at radius 2 is 2.23 bits per heavy atom. The fraction of sp³-hybridized carbons (Fsp3) is 0.438. The summed E-state index contributed by atoms with van der Waals surface area (Å²) in [6.07, 6.45) is 2.20. The van der Waals surface area contributed by atoms with Gasteiger partial charge in [-0.1, -0.05) is 30.0 Å². The molecule has 3 heterocycles. The highest BCUT2D eigenvalue weighted by molar-refractivity contribution is 8.26. The number of carbonyl (C=O) groups excluding carboxylic acids is 2. The molecule has 3 rings (SSSR count). The van der Waals surface area contributed by atoms with Crippen molar-refractivity contribution in [2.45, 2.75) is 25.4 Å². The van der Waals surface area contributed by atoms with E-state index in [0.717, 1.165) is 4.88 Å². The van der Waals surface area contributed by atoms with E-state index in [0.29, 0.717) is 15.6 Å². The first kappa shape index (κ1) is 19.5. The number of nitrogens with zero attached hydrogens (tertiary/aromatic N) is 2. The zero-order valence-corrected chi connectivity index (χ0v) is 17.5. The lowest BCUT2D eigenvalue weighted by Crippen LogP contribution is -2.50. The molecule has 140 valence electrons. The molecule has 2 aliphatic rings. The molecule has 2 saturated heterocycles. The summed E-state index contributed by atoms with van der Waals surface area (Å²) in [7, 11) is -1.50. The second-order valence-corrected chi connectivity index (χ2v) is 11.1. The average Bonchev–Trinajstić information content (AvgIpc) is 3.27. The number of amides is 2. The molecule has 0 unspecified atom stereocenters. The van der Waals surface area contributed by atoms with Crippen LogP contribution in [0.25, 0.3) is 6.08 Å². The SMILES string of the molecule is C[C@@H](C(=O)N(C)[C@@H]1CCS(=O)(=O)C1)N1C(=O)/C(=C/c2cccs2)SC1=S. The largest absolute Gasteiger partial charge is 0.340 e. The van der Waals surface area contributed by atoms with Gasteiger partial charge in [0.15, 0.2) is 9.84 Å². The zero-order chi connectivity index (χ0) is 19.1. The second kappa shape index (κ2) is 7.41. The maximum Gasteiger partial charge on any atom is 0.266 e. The summed E-state index contributed by atoms with van der Waals surface area (Å²) in [4.78, 5) is 29.7. The molecule has 0 spiro atoms. The molecule has 2 amide bonds.